The third-order valence-electron chi connectivity index (χ3n) is 3.98. The molecule has 1 aromatic heterocycles. The molecule has 0 aliphatic heterocycles. The second-order valence-corrected chi connectivity index (χ2v) is 6.15. The maximum Gasteiger partial charge on any atom is 0.338 e. The van der Waals surface area contributed by atoms with Gasteiger partial charge in [-0.25, -0.2) is 14.8 Å². The van der Waals surface area contributed by atoms with Crippen molar-refractivity contribution >= 4 is 29.0 Å². The van der Waals surface area contributed by atoms with Crippen LogP contribution in [0.4, 0.5) is 23.0 Å². The van der Waals surface area contributed by atoms with E-state index in [1.807, 2.05) is 24.3 Å². The van der Waals surface area contributed by atoms with E-state index in [0.29, 0.717) is 23.8 Å². The van der Waals surface area contributed by atoms with E-state index in [0.717, 1.165) is 16.9 Å². The van der Waals surface area contributed by atoms with Crippen molar-refractivity contribution in [2.75, 3.05) is 17.2 Å². The molecule has 0 bridgehead atoms. The van der Waals surface area contributed by atoms with Gasteiger partial charge in [-0.2, -0.15) is 0 Å². The first-order valence-corrected chi connectivity index (χ1v) is 8.75. The molecule has 27 heavy (non-hydrogen) atoms. The molecular weight excluding hydrogens is 340 g/mol. The summed E-state index contributed by atoms with van der Waals surface area (Å²) in [5.41, 5.74) is 4.71. The molecule has 0 unspecified atom stereocenters. The molecule has 6 nitrogen and oxygen atoms in total. The molecule has 2 N–H and O–H groups in total. The normalized spacial score (nSPS) is 10.3. The lowest BCUT2D eigenvalue weighted by Crippen LogP contribution is -2.04. The number of anilines is 4. The zero-order valence-corrected chi connectivity index (χ0v) is 15.6. The molecule has 0 radical (unpaired) electrons. The summed E-state index contributed by atoms with van der Waals surface area (Å²) in [4.78, 5) is 20.2. The van der Waals surface area contributed by atoms with Gasteiger partial charge in [0.15, 0.2) is 0 Å². The van der Waals surface area contributed by atoms with Crippen LogP contribution in [0, 0.1) is 13.8 Å². The summed E-state index contributed by atoms with van der Waals surface area (Å²) < 4.78 is 4.99. The first-order chi connectivity index (χ1) is 13.0. The number of aromatic nitrogens is 2. The molecule has 3 aromatic rings. The molecule has 2 aromatic carbocycles. The summed E-state index contributed by atoms with van der Waals surface area (Å²) in [7, 11) is 0. The quantitative estimate of drug-likeness (QED) is 0.616. The third-order valence-corrected chi connectivity index (χ3v) is 3.98. The van der Waals surface area contributed by atoms with Crippen molar-refractivity contribution in [2.24, 2.45) is 0 Å². The molecule has 0 saturated carbocycles. The van der Waals surface area contributed by atoms with Crippen LogP contribution >= 0.6 is 0 Å². The lowest BCUT2D eigenvalue weighted by molar-refractivity contribution is 0.0526. The van der Waals surface area contributed by atoms with Crippen molar-refractivity contribution in [3.8, 4) is 0 Å². The summed E-state index contributed by atoms with van der Waals surface area (Å²) in [6.45, 7) is 6.26. The minimum atomic E-state index is -0.328. The van der Waals surface area contributed by atoms with Gasteiger partial charge in [0.25, 0.3) is 0 Å². The number of nitrogens with one attached hydrogen (secondary N) is 2. The molecular formula is C21H22N4O2. The van der Waals surface area contributed by atoms with Crippen molar-refractivity contribution in [3.05, 3.63) is 71.5 Å². The lowest BCUT2D eigenvalue weighted by Gasteiger charge is -2.11. The van der Waals surface area contributed by atoms with E-state index in [1.165, 1.54) is 11.9 Å². The van der Waals surface area contributed by atoms with Crippen LogP contribution in [0.15, 0.2) is 54.9 Å². The Bertz CT molecular complexity index is 939. The highest BCUT2D eigenvalue weighted by atomic mass is 16.5. The highest BCUT2D eigenvalue weighted by Crippen LogP contribution is 2.22. The van der Waals surface area contributed by atoms with E-state index < -0.39 is 0 Å². The van der Waals surface area contributed by atoms with Gasteiger partial charge >= 0.3 is 5.97 Å². The second-order valence-electron chi connectivity index (χ2n) is 6.15. The molecule has 6 heteroatoms. The van der Waals surface area contributed by atoms with Gasteiger partial charge in [0.05, 0.1) is 12.2 Å². The van der Waals surface area contributed by atoms with E-state index in [1.54, 1.807) is 19.1 Å². The molecule has 0 fully saturated rings. The molecule has 3 rings (SSSR count). The lowest BCUT2D eigenvalue weighted by atomic mass is 10.1. The Morgan fingerprint density at radius 3 is 2.33 bits per heavy atom. The number of nitrogens with zero attached hydrogens (tertiary/aromatic N) is 2. The number of aryl methyl sites for hydroxylation is 2. The fourth-order valence-corrected chi connectivity index (χ4v) is 2.64. The topological polar surface area (TPSA) is 76.1 Å². The van der Waals surface area contributed by atoms with Gasteiger partial charge in [0, 0.05) is 17.4 Å². The van der Waals surface area contributed by atoms with Gasteiger partial charge in [-0.15, -0.1) is 0 Å². The van der Waals surface area contributed by atoms with Gasteiger partial charge in [0.2, 0.25) is 0 Å². The molecule has 0 aliphatic carbocycles. The number of hydrogen-bond acceptors (Lipinski definition) is 6. The van der Waals surface area contributed by atoms with E-state index in [4.69, 9.17) is 4.74 Å². The van der Waals surface area contributed by atoms with Crippen molar-refractivity contribution in [1.82, 2.24) is 9.97 Å². The van der Waals surface area contributed by atoms with Crippen LogP contribution in [0.1, 0.15) is 28.4 Å². The predicted octanol–water partition coefficient (Wildman–Crippen LogP) is 4.76. The number of rotatable bonds is 6. The molecule has 0 amide bonds. The van der Waals surface area contributed by atoms with E-state index >= 15 is 0 Å². The number of carbonyl (C=O) groups excluding carboxylic acids is 1. The van der Waals surface area contributed by atoms with Crippen LogP contribution in [0.5, 0.6) is 0 Å². The van der Waals surface area contributed by atoms with Crippen LogP contribution in [0.2, 0.25) is 0 Å². The minimum Gasteiger partial charge on any atom is -0.462 e. The summed E-state index contributed by atoms with van der Waals surface area (Å²) in [5, 5.41) is 6.52. The van der Waals surface area contributed by atoms with Crippen LogP contribution in [0.25, 0.3) is 0 Å². The largest absolute Gasteiger partial charge is 0.462 e. The fourth-order valence-electron chi connectivity index (χ4n) is 2.64. The second kappa shape index (κ2) is 8.31. The van der Waals surface area contributed by atoms with Crippen LogP contribution in [-0.4, -0.2) is 22.5 Å². The van der Waals surface area contributed by atoms with Crippen LogP contribution in [-0.2, 0) is 4.74 Å². The Balaban J connectivity index is 1.71. The first kappa shape index (κ1) is 18.4. The summed E-state index contributed by atoms with van der Waals surface area (Å²) in [6.07, 6.45) is 1.50. The van der Waals surface area contributed by atoms with Gasteiger partial charge in [-0.1, -0.05) is 17.7 Å². The molecule has 138 valence electrons. The van der Waals surface area contributed by atoms with Crippen molar-refractivity contribution in [2.45, 2.75) is 20.8 Å². The Kier molecular flexibility index (Phi) is 5.66. The fraction of sp³-hybridized carbons (Fsp3) is 0.190. The summed E-state index contributed by atoms with van der Waals surface area (Å²) in [6, 6.07) is 15.1. The summed E-state index contributed by atoms with van der Waals surface area (Å²) >= 11 is 0. The van der Waals surface area contributed by atoms with Crippen LogP contribution in [0.3, 0.4) is 0 Å². The minimum absolute atomic E-state index is 0.328. The molecule has 0 atom stereocenters. The average molecular weight is 362 g/mol. The Morgan fingerprint density at radius 1 is 0.963 bits per heavy atom. The number of ether oxygens (including phenoxy) is 1. The highest BCUT2D eigenvalue weighted by Gasteiger charge is 2.07. The number of carbonyl (C=O) groups is 1. The van der Waals surface area contributed by atoms with Gasteiger partial charge in [-0.05, 0) is 56.7 Å². The molecule has 0 saturated heterocycles. The summed E-state index contributed by atoms with van der Waals surface area (Å²) in [5.74, 6) is 1.02. The highest BCUT2D eigenvalue weighted by molar-refractivity contribution is 5.89. The van der Waals surface area contributed by atoms with Crippen molar-refractivity contribution in [1.29, 1.82) is 0 Å². The Labute approximate surface area is 158 Å². The number of hydrogen-bond donors (Lipinski definition) is 2. The maximum atomic E-state index is 11.7. The maximum absolute atomic E-state index is 11.7. The van der Waals surface area contributed by atoms with Gasteiger partial charge < -0.3 is 15.4 Å². The SMILES string of the molecule is CCOC(=O)c1ccc(Nc2cc(Nc3ccc(C)cc3C)ncn2)cc1. The number of benzene rings is 2. The van der Waals surface area contributed by atoms with Crippen LogP contribution < -0.4 is 10.6 Å². The number of esters is 1. The van der Waals surface area contributed by atoms with E-state index in [-0.39, 0.29) is 5.97 Å². The zero-order valence-electron chi connectivity index (χ0n) is 15.6. The Morgan fingerprint density at radius 2 is 1.67 bits per heavy atom. The first-order valence-electron chi connectivity index (χ1n) is 8.75. The van der Waals surface area contributed by atoms with Crippen molar-refractivity contribution in [3.63, 3.8) is 0 Å². The smallest absolute Gasteiger partial charge is 0.338 e. The van der Waals surface area contributed by atoms with E-state index in [9.17, 15) is 4.79 Å². The zero-order chi connectivity index (χ0) is 19.2. The Hall–Kier alpha value is -3.41. The molecule has 0 spiro atoms. The van der Waals surface area contributed by atoms with E-state index in [2.05, 4.69) is 46.6 Å². The third kappa shape index (κ3) is 4.82. The van der Waals surface area contributed by atoms with Crippen molar-refractivity contribution < 1.29 is 9.53 Å². The monoisotopic (exact) mass is 362 g/mol. The molecule has 1 heterocycles. The molecule has 0 aliphatic rings. The average Bonchev–Trinajstić information content (AvgIpc) is 2.65. The standard InChI is InChI=1S/C21H22N4O2/c1-4-27-21(26)16-6-8-17(9-7-16)24-19-12-20(23-13-22-19)25-18-10-5-14(2)11-15(18)3/h5-13H,4H2,1-3H3,(H2,22,23,24,25). The predicted molar refractivity (Wildman–Crippen MR) is 107 cm³/mol. The van der Waals surface area contributed by atoms with Gasteiger partial charge in [-0.3, -0.25) is 0 Å². The van der Waals surface area contributed by atoms with Gasteiger partial charge in [0.1, 0.15) is 18.0 Å².